The first-order chi connectivity index (χ1) is 7.34. The van der Waals surface area contributed by atoms with Gasteiger partial charge in [0.15, 0.2) is 11.6 Å². The molecular formula is C9H7N5O. The van der Waals surface area contributed by atoms with Crippen molar-refractivity contribution in [2.75, 3.05) is 5.73 Å². The quantitative estimate of drug-likeness (QED) is 0.616. The van der Waals surface area contributed by atoms with E-state index in [-0.39, 0.29) is 0 Å². The number of rotatable bonds is 1. The molecule has 3 rings (SSSR count). The van der Waals surface area contributed by atoms with Gasteiger partial charge >= 0.3 is 0 Å². The van der Waals surface area contributed by atoms with E-state index >= 15 is 0 Å². The lowest BCUT2D eigenvalue weighted by Crippen LogP contribution is -1.96. The number of H-pyrrole nitrogens is 1. The first-order valence-corrected chi connectivity index (χ1v) is 4.34. The number of anilines is 1. The lowest BCUT2D eigenvalue weighted by molar-refractivity contribution is 0.568. The molecule has 0 radical (unpaired) electrons. The van der Waals surface area contributed by atoms with Crippen molar-refractivity contribution in [3.8, 4) is 11.4 Å². The number of nitrogens with zero attached hydrogens (tertiary/aromatic N) is 3. The summed E-state index contributed by atoms with van der Waals surface area (Å²) in [5.41, 5.74) is 7.90. The van der Waals surface area contributed by atoms with Gasteiger partial charge in [-0.3, -0.25) is 5.10 Å². The number of hydrogen-bond donors (Lipinski definition) is 2. The number of furan rings is 1. The predicted octanol–water partition coefficient (Wildman–Crippen LogP) is 1.20. The molecule has 0 saturated carbocycles. The number of nitrogens with two attached hydrogens (primary N) is 1. The Morgan fingerprint density at radius 2 is 2.27 bits per heavy atom. The molecule has 0 fully saturated rings. The Morgan fingerprint density at radius 3 is 3.07 bits per heavy atom. The topological polar surface area (TPSA) is 93.6 Å². The second-order valence-corrected chi connectivity index (χ2v) is 3.07. The van der Waals surface area contributed by atoms with Crippen molar-refractivity contribution in [1.29, 1.82) is 0 Å². The van der Waals surface area contributed by atoms with Crippen molar-refractivity contribution >= 4 is 16.9 Å². The van der Waals surface area contributed by atoms with E-state index in [2.05, 4.69) is 20.2 Å². The lowest BCUT2D eigenvalue weighted by atomic mass is 10.3. The van der Waals surface area contributed by atoms with E-state index in [1.54, 1.807) is 24.8 Å². The van der Waals surface area contributed by atoms with Gasteiger partial charge in [-0.15, -0.1) is 0 Å². The third-order valence-electron chi connectivity index (χ3n) is 2.11. The molecule has 6 heteroatoms. The normalized spacial score (nSPS) is 10.9. The molecule has 0 aliphatic rings. The highest BCUT2D eigenvalue weighted by molar-refractivity contribution is 5.85. The molecule has 3 N–H and O–H groups in total. The smallest absolute Gasteiger partial charge is 0.165 e. The van der Waals surface area contributed by atoms with Crippen LogP contribution in [-0.2, 0) is 0 Å². The minimum atomic E-state index is 0.383. The van der Waals surface area contributed by atoms with Gasteiger partial charge in [-0.2, -0.15) is 5.10 Å². The zero-order chi connectivity index (χ0) is 10.3. The molecule has 0 aliphatic heterocycles. The van der Waals surface area contributed by atoms with Crippen LogP contribution in [0.4, 0.5) is 5.82 Å². The highest BCUT2D eigenvalue weighted by atomic mass is 16.3. The van der Waals surface area contributed by atoms with E-state index in [0.717, 1.165) is 5.56 Å². The van der Waals surface area contributed by atoms with Crippen LogP contribution in [0, 0.1) is 0 Å². The van der Waals surface area contributed by atoms with Crippen LogP contribution >= 0.6 is 0 Å². The van der Waals surface area contributed by atoms with Crippen molar-refractivity contribution in [2.45, 2.75) is 0 Å². The van der Waals surface area contributed by atoms with Gasteiger partial charge in [0.05, 0.1) is 18.0 Å². The maximum atomic E-state index is 5.75. The van der Waals surface area contributed by atoms with Gasteiger partial charge in [0, 0.05) is 0 Å². The Balaban J connectivity index is 2.29. The highest BCUT2D eigenvalue weighted by Gasteiger charge is 2.08. The van der Waals surface area contributed by atoms with E-state index in [1.807, 2.05) is 0 Å². The second-order valence-electron chi connectivity index (χ2n) is 3.07. The highest BCUT2D eigenvalue weighted by Crippen LogP contribution is 2.21. The molecule has 3 heterocycles. The van der Waals surface area contributed by atoms with Gasteiger partial charge in [-0.25, -0.2) is 9.97 Å². The SMILES string of the molecule is Nc1nc(-c2ccoc2)nc2cn[nH]c12. The molecular weight excluding hydrogens is 194 g/mol. The monoisotopic (exact) mass is 201 g/mol. The summed E-state index contributed by atoms with van der Waals surface area (Å²) < 4.78 is 4.96. The summed E-state index contributed by atoms with van der Waals surface area (Å²) in [5, 5.41) is 6.59. The minimum Gasteiger partial charge on any atom is -0.472 e. The number of nitrogens with one attached hydrogen (secondary N) is 1. The van der Waals surface area contributed by atoms with Gasteiger partial charge in [0.1, 0.15) is 17.3 Å². The Bertz CT molecular complexity index is 598. The molecule has 0 aliphatic carbocycles. The summed E-state index contributed by atoms with van der Waals surface area (Å²) in [6, 6.07) is 1.78. The molecule has 3 aromatic rings. The van der Waals surface area contributed by atoms with E-state index in [1.165, 1.54) is 0 Å². The van der Waals surface area contributed by atoms with E-state index < -0.39 is 0 Å². The van der Waals surface area contributed by atoms with Crippen molar-refractivity contribution in [3.05, 3.63) is 24.8 Å². The molecule has 0 spiro atoms. The van der Waals surface area contributed by atoms with Crippen LogP contribution in [0.15, 0.2) is 29.2 Å². The van der Waals surface area contributed by atoms with E-state index in [9.17, 15) is 0 Å². The third kappa shape index (κ3) is 1.15. The van der Waals surface area contributed by atoms with Crippen LogP contribution in [0.2, 0.25) is 0 Å². The molecule has 3 aromatic heterocycles. The van der Waals surface area contributed by atoms with Crippen LogP contribution in [0.3, 0.4) is 0 Å². The molecule has 0 aromatic carbocycles. The number of aromatic nitrogens is 4. The molecule has 0 atom stereocenters. The molecule has 0 bridgehead atoms. The number of nitrogen functional groups attached to an aromatic ring is 1. The summed E-state index contributed by atoms with van der Waals surface area (Å²) in [6.45, 7) is 0. The fourth-order valence-corrected chi connectivity index (χ4v) is 1.38. The second kappa shape index (κ2) is 2.81. The van der Waals surface area contributed by atoms with Crippen LogP contribution < -0.4 is 5.73 Å². The fourth-order valence-electron chi connectivity index (χ4n) is 1.38. The number of fused-ring (bicyclic) bond motifs is 1. The molecule has 0 saturated heterocycles. The van der Waals surface area contributed by atoms with E-state index in [0.29, 0.717) is 22.7 Å². The third-order valence-corrected chi connectivity index (χ3v) is 2.11. The Labute approximate surface area is 84.1 Å². The summed E-state index contributed by atoms with van der Waals surface area (Å²) in [6.07, 6.45) is 4.74. The lowest BCUT2D eigenvalue weighted by Gasteiger charge is -1.98. The fraction of sp³-hybridized carbons (Fsp3) is 0. The molecule has 74 valence electrons. The molecule has 0 unspecified atom stereocenters. The van der Waals surface area contributed by atoms with Crippen molar-refractivity contribution in [3.63, 3.8) is 0 Å². The van der Waals surface area contributed by atoms with Crippen LogP contribution in [0.1, 0.15) is 0 Å². The average Bonchev–Trinajstić information content (AvgIpc) is 2.88. The summed E-state index contributed by atoms with van der Waals surface area (Å²) in [5.74, 6) is 0.920. The Hall–Kier alpha value is -2.37. The van der Waals surface area contributed by atoms with Crippen molar-refractivity contribution in [2.24, 2.45) is 0 Å². The van der Waals surface area contributed by atoms with Crippen molar-refractivity contribution < 1.29 is 4.42 Å². The standard InChI is InChI=1S/C9H7N5O/c10-8-7-6(3-11-14-7)12-9(13-8)5-1-2-15-4-5/h1-4H,(H,11,14)(H2,10,12,13). The van der Waals surface area contributed by atoms with Gasteiger partial charge in [-0.1, -0.05) is 0 Å². The largest absolute Gasteiger partial charge is 0.472 e. The van der Waals surface area contributed by atoms with Gasteiger partial charge in [-0.05, 0) is 6.07 Å². The summed E-state index contributed by atoms with van der Waals surface area (Å²) >= 11 is 0. The zero-order valence-corrected chi connectivity index (χ0v) is 7.64. The Kier molecular flexibility index (Phi) is 1.49. The number of aromatic amines is 1. The van der Waals surface area contributed by atoms with Crippen LogP contribution in [-0.4, -0.2) is 20.2 Å². The predicted molar refractivity (Wildman–Crippen MR) is 53.8 cm³/mol. The maximum absolute atomic E-state index is 5.75. The van der Waals surface area contributed by atoms with E-state index in [4.69, 9.17) is 10.2 Å². The molecule has 15 heavy (non-hydrogen) atoms. The van der Waals surface area contributed by atoms with Crippen LogP contribution in [0.25, 0.3) is 22.4 Å². The first-order valence-electron chi connectivity index (χ1n) is 4.34. The van der Waals surface area contributed by atoms with Crippen molar-refractivity contribution in [1.82, 2.24) is 20.2 Å². The minimum absolute atomic E-state index is 0.383. The molecule has 6 nitrogen and oxygen atoms in total. The van der Waals surface area contributed by atoms with Gasteiger partial charge < -0.3 is 10.2 Å². The van der Waals surface area contributed by atoms with Gasteiger partial charge in [0.2, 0.25) is 0 Å². The maximum Gasteiger partial charge on any atom is 0.165 e. The van der Waals surface area contributed by atoms with Crippen LogP contribution in [0.5, 0.6) is 0 Å². The average molecular weight is 201 g/mol. The molecule has 0 amide bonds. The van der Waals surface area contributed by atoms with Gasteiger partial charge in [0.25, 0.3) is 0 Å². The Morgan fingerprint density at radius 1 is 1.33 bits per heavy atom. The summed E-state index contributed by atoms with van der Waals surface area (Å²) in [7, 11) is 0. The first kappa shape index (κ1) is 7.98. The zero-order valence-electron chi connectivity index (χ0n) is 7.64. The number of hydrogen-bond acceptors (Lipinski definition) is 5. The summed E-state index contributed by atoms with van der Waals surface area (Å²) in [4.78, 5) is 8.45.